The van der Waals surface area contributed by atoms with Crippen molar-refractivity contribution < 1.29 is 9.53 Å². The molecule has 2 unspecified atom stereocenters. The molecule has 2 saturated heterocycles. The Balaban J connectivity index is 1.84. The SMILES string of the molecule is C#CC1CC(=O)N(CC(C)N2CCOCC2)C1. The molecule has 2 rings (SSSR count). The van der Waals surface area contributed by atoms with Crippen LogP contribution in [0.15, 0.2) is 0 Å². The van der Waals surface area contributed by atoms with Gasteiger partial charge in [-0.1, -0.05) is 0 Å². The molecular weight excluding hydrogens is 216 g/mol. The first-order valence-electron chi connectivity index (χ1n) is 6.26. The Morgan fingerprint density at radius 2 is 2.24 bits per heavy atom. The lowest BCUT2D eigenvalue weighted by molar-refractivity contribution is -0.128. The lowest BCUT2D eigenvalue weighted by atomic mass is 10.1. The average Bonchev–Trinajstić information content (AvgIpc) is 2.71. The van der Waals surface area contributed by atoms with Gasteiger partial charge in [0.2, 0.25) is 5.91 Å². The van der Waals surface area contributed by atoms with E-state index in [0.29, 0.717) is 12.5 Å². The number of amides is 1. The Hall–Kier alpha value is -1.05. The van der Waals surface area contributed by atoms with Crippen LogP contribution in [0.25, 0.3) is 0 Å². The van der Waals surface area contributed by atoms with Crippen LogP contribution in [0.5, 0.6) is 0 Å². The zero-order chi connectivity index (χ0) is 12.3. The van der Waals surface area contributed by atoms with Crippen LogP contribution in [-0.2, 0) is 9.53 Å². The van der Waals surface area contributed by atoms with E-state index in [-0.39, 0.29) is 11.8 Å². The second-order valence-electron chi connectivity index (χ2n) is 4.86. The molecule has 0 radical (unpaired) electrons. The molecule has 0 aliphatic carbocycles. The molecule has 4 heteroatoms. The first-order valence-corrected chi connectivity index (χ1v) is 6.26. The van der Waals surface area contributed by atoms with Gasteiger partial charge in [-0.3, -0.25) is 9.69 Å². The number of hydrogen-bond acceptors (Lipinski definition) is 3. The summed E-state index contributed by atoms with van der Waals surface area (Å²) >= 11 is 0. The summed E-state index contributed by atoms with van der Waals surface area (Å²) in [7, 11) is 0. The van der Waals surface area contributed by atoms with E-state index in [1.54, 1.807) is 0 Å². The molecule has 0 aromatic rings. The molecule has 0 aromatic heterocycles. The smallest absolute Gasteiger partial charge is 0.223 e. The third-order valence-electron chi connectivity index (χ3n) is 3.60. The van der Waals surface area contributed by atoms with Crippen LogP contribution in [0, 0.1) is 18.3 Å². The highest BCUT2D eigenvalue weighted by Crippen LogP contribution is 2.18. The van der Waals surface area contributed by atoms with Gasteiger partial charge in [0, 0.05) is 44.6 Å². The summed E-state index contributed by atoms with van der Waals surface area (Å²) in [6, 6.07) is 0.388. The van der Waals surface area contributed by atoms with Crippen molar-refractivity contribution >= 4 is 5.91 Å². The third-order valence-corrected chi connectivity index (χ3v) is 3.60. The average molecular weight is 236 g/mol. The number of morpholine rings is 1. The molecule has 0 bridgehead atoms. The molecule has 2 aliphatic rings. The van der Waals surface area contributed by atoms with Gasteiger partial charge in [0.05, 0.1) is 13.2 Å². The molecule has 2 aliphatic heterocycles. The van der Waals surface area contributed by atoms with Crippen molar-refractivity contribution in [2.24, 2.45) is 5.92 Å². The summed E-state index contributed by atoms with van der Waals surface area (Å²) in [5.74, 6) is 2.99. The molecule has 94 valence electrons. The molecule has 17 heavy (non-hydrogen) atoms. The molecule has 2 atom stereocenters. The second-order valence-corrected chi connectivity index (χ2v) is 4.86. The van der Waals surface area contributed by atoms with Gasteiger partial charge in [0.25, 0.3) is 0 Å². The predicted molar refractivity (Wildman–Crippen MR) is 65.4 cm³/mol. The van der Waals surface area contributed by atoms with Gasteiger partial charge in [0.1, 0.15) is 0 Å². The number of ether oxygens (including phenoxy) is 1. The number of carbonyl (C=O) groups excluding carboxylic acids is 1. The van der Waals surface area contributed by atoms with Crippen molar-refractivity contribution in [3.63, 3.8) is 0 Å². The number of terminal acetylenes is 1. The fraction of sp³-hybridized carbons (Fsp3) is 0.769. The van der Waals surface area contributed by atoms with E-state index in [4.69, 9.17) is 11.2 Å². The number of hydrogen-bond donors (Lipinski definition) is 0. The van der Waals surface area contributed by atoms with Crippen LogP contribution in [0.1, 0.15) is 13.3 Å². The fourth-order valence-electron chi connectivity index (χ4n) is 2.51. The van der Waals surface area contributed by atoms with Gasteiger partial charge in [0.15, 0.2) is 0 Å². The zero-order valence-electron chi connectivity index (χ0n) is 10.4. The Kier molecular flexibility index (Phi) is 4.03. The minimum atomic E-state index is 0.111. The summed E-state index contributed by atoms with van der Waals surface area (Å²) in [5.41, 5.74) is 0. The summed E-state index contributed by atoms with van der Waals surface area (Å²) < 4.78 is 5.33. The molecule has 2 heterocycles. The van der Waals surface area contributed by atoms with E-state index in [2.05, 4.69) is 17.7 Å². The maximum Gasteiger partial charge on any atom is 0.223 e. The summed E-state index contributed by atoms with van der Waals surface area (Å²) in [5, 5.41) is 0. The summed E-state index contributed by atoms with van der Waals surface area (Å²) in [6.45, 7) is 7.20. The maximum atomic E-state index is 11.7. The van der Waals surface area contributed by atoms with Crippen LogP contribution in [0.4, 0.5) is 0 Å². The predicted octanol–water partition coefficient (Wildman–Crippen LogP) is 0.189. The molecule has 2 fully saturated rings. The van der Waals surface area contributed by atoms with Crippen LogP contribution in [0.2, 0.25) is 0 Å². The first kappa shape index (κ1) is 12.4. The van der Waals surface area contributed by atoms with Crippen molar-refractivity contribution in [1.29, 1.82) is 0 Å². The van der Waals surface area contributed by atoms with E-state index in [1.807, 2.05) is 4.90 Å². The van der Waals surface area contributed by atoms with Gasteiger partial charge in [-0.05, 0) is 6.92 Å². The van der Waals surface area contributed by atoms with Gasteiger partial charge in [-0.25, -0.2) is 0 Å². The number of likely N-dealkylation sites (tertiary alicyclic amines) is 1. The number of carbonyl (C=O) groups is 1. The maximum absolute atomic E-state index is 11.7. The highest BCUT2D eigenvalue weighted by Gasteiger charge is 2.30. The highest BCUT2D eigenvalue weighted by atomic mass is 16.5. The Labute approximate surface area is 103 Å². The lowest BCUT2D eigenvalue weighted by Crippen LogP contribution is -2.47. The van der Waals surface area contributed by atoms with E-state index in [9.17, 15) is 4.79 Å². The van der Waals surface area contributed by atoms with E-state index in [1.165, 1.54) is 0 Å². The quantitative estimate of drug-likeness (QED) is 0.656. The van der Waals surface area contributed by atoms with Crippen molar-refractivity contribution in [3.05, 3.63) is 0 Å². The molecule has 0 spiro atoms. The van der Waals surface area contributed by atoms with E-state index in [0.717, 1.165) is 39.4 Å². The van der Waals surface area contributed by atoms with Crippen LogP contribution >= 0.6 is 0 Å². The monoisotopic (exact) mass is 236 g/mol. The van der Waals surface area contributed by atoms with Crippen molar-refractivity contribution in [3.8, 4) is 12.3 Å². The molecule has 0 N–H and O–H groups in total. The van der Waals surface area contributed by atoms with Crippen molar-refractivity contribution in [1.82, 2.24) is 9.80 Å². The van der Waals surface area contributed by atoms with E-state index < -0.39 is 0 Å². The summed E-state index contributed by atoms with van der Waals surface area (Å²) in [4.78, 5) is 16.0. The standard InChI is InChI=1S/C13H20N2O2/c1-3-12-8-13(16)15(10-12)9-11(2)14-4-6-17-7-5-14/h1,11-12H,4-10H2,2H3. The molecular formula is C13H20N2O2. The summed E-state index contributed by atoms with van der Waals surface area (Å²) in [6.07, 6.45) is 5.90. The topological polar surface area (TPSA) is 32.8 Å². The Morgan fingerprint density at radius 1 is 1.53 bits per heavy atom. The van der Waals surface area contributed by atoms with Gasteiger partial charge < -0.3 is 9.64 Å². The minimum absolute atomic E-state index is 0.111. The van der Waals surface area contributed by atoms with Gasteiger partial charge >= 0.3 is 0 Å². The van der Waals surface area contributed by atoms with Crippen molar-refractivity contribution in [2.75, 3.05) is 39.4 Å². The van der Waals surface area contributed by atoms with Crippen LogP contribution in [0.3, 0.4) is 0 Å². The second kappa shape index (κ2) is 5.52. The highest BCUT2D eigenvalue weighted by molar-refractivity contribution is 5.79. The zero-order valence-corrected chi connectivity index (χ0v) is 10.4. The van der Waals surface area contributed by atoms with Gasteiger partial charge in [-0.15, -0.1) is 12.3 Å². The Morgan fingerprint density at radius 3 is 2.82 bits per heavy atom. The first-order chi connectivity index (χ1) is 8.20. The molecule has 1 amide bonds. The number of nitrogens with zero attached hydrogens (tertiary/aromatic N) is 2. The molecule has 0 aromatic carbocycles. The largest absolute Gasteiger partial charge is 0.379 e. The lowest BCUT2D eigenvalue weighted by Gasteiger charge is -2.34. The van der Waals surface area contributed by atoms with Crippen LogP contribution < -0.4 is 0 Å². The minimum Gasteiger partial charge on any atom is -0.379 e. The van der Waals surface area contributed by atoms with Gasteiger partial charge in [-0.2, -0.15) is 0 Å². The molecule has 0 saturated carbocycles. The van der Waals surface area contributed by atoms with Crippen molar-refractivity contribution in [2.45, 2.75) is 19.4 Å². The number of rotatable bonds is 3. The van der Waals surface area contributed by atoms with E-state index >= 15 is 0 Å². The Bertz CT molecular complexity index is 318. The normalized spacial score (nSPS) is 28.1. The van der Waals surface area contributed by atoms with Crippen LogP contribution in [-0.4, -0.2) is 61.1 Å². The third kappa shape index (κ3) is 2.99. The fourth-order valence-corrected chi connectivity index (χ4v) is 2.51. The molecule has 4 nitrogen and oxygen atoms in total.